The van der Waals surface area contributed by atoms with Crippen LogP contribution in [-0.4, -0.2) is 18.2 Å². The number of nitrogens with zero attached hydrogens (tertiary/aromatic N) is 4. The van der Waals surface area contributed by atoms with E-state index in [4.69, 9.17) is 4.42 Å². The summed E-state index contributed by atoms with van der Waals surface area (Å²) >= 11 is 0. The second kappa shape index (κ2) is 6.60. The van der Waals surface area contributed by atoms with Crippen LogP contribution in [0.15, 0.2) is 33.8 Å². The molecule has 5 heteroatoms. The van der Waals surface area contributed by atoms with Crippen molar-refractivity contribution in [1.82, 2.24) is 4.98 Å². The van der Waals surface area contributed by atoms with Gasteiger partial charge < -0.3 is 4.42 Å². The van der Waals surface area contributed by atoms with E-state index in [1.165, 1.54) is 24.8 Å². The van der Waals surface area contributed by atoms with E-state index < -0.39 is 0 Å². The molecular weight excluding hydrogens is 324 g/mol. The van der Waals surface area contributed by atoms with Gasteiger partial charge in [0, 0.05) is 12.5 Å². The monoisotopic (exact) mass is 350 g/mol. The van der Waals surface area contributed by atoms with Crippen molar-refractivity contribution >= 4 is 12.1 Å². The lowest BCUT2D eigenvalue weighted by Crippen LogP contribution is -2.30. The third-order valence-electron chi connectivity index (χ3n) is 5.10. The van der Waals surface area contributed by atoms with Crippen molar-refractivity contribution < 1.29 is 4.42 Å². The first-order chi connectivity index (χ1) is 12.2. The summed E-state index contributed by atoms with van der Waals surface area (Å²) < 4.78 is 5.78. The minimum Gasteiger partial charge on any atom is -0.421 e. The summed E-state index contributed by atoms with van der Waals surface area (Å²) in [6.45, 7) is 8.32. The van der Waals surface area contributed by atoms with Gasteiger partial charge in [0.25, 0.3) is 5.88 Å². The van der Waals surface area contributed by atoms with Gasteiger partial charge in [-0.15, -0.1) is 0 Å². The van der Waals surface area contributed by atoms with Gasteiger partial charge in [-0.25, -0.2) is 5.01 Å². The molecule has 2 aromatic rings. The molecular formula is C21H26N4O. The van der Waals surface area contributed by atoms with E-state index in [9.17, 15) is 5.26 Å². The van der Waals surface area contributed by atoms with Gasteiger partial charge in [0.15, 0.2) is 0 Å². The fourth-order valence-electron chi connectivity index (χ4n) is 3.10. The van der Waals surface area contributed by atoms with Crippen LogP contribution in [0.3, 0.4) is 0 Å². The number of anilines is 1. The first-order valence-electron chi connectivity index (χ1n) is 9.03. The SMILES string of the molecule is CN(N=Cc1ccc(C2(C)CCC2)cc1)c1oc(C(C)(C)C)nc1C#N. The first-order valence-corrected chi connectivity index (χ1v) is 9.03. The Morgan fingerprint density at radius 2 is 1.92 bits per heavy atom. The lowest BCUT2D eigenvalue weighted by atomic mass is 9.66. The van der Waals surface area contributed by atoms with Gasteiger partial charge in [-0.3, -0.25) is 0 Å². The summed E-state index contributed by atoms with van der Waals surface area (Å²) in [6, 6.07) is 10.6. The minimum absolute atomic E-state index is 0.253. The van der Waals surface area contributed by atoms with Crippen LogP contribution in [0.1, 0.15) is 69.7 Å². The van der Waals surface area contributed by atoms with Crippen molar-refractivity contribution in [3.63, 3.8) is 0 Å². The zero-order valence-electron chi connectivity index (χ0n) is 16.2. The largest absolute Gasteiger partial charge is 0.421 e. The Morgan fingerprint density at radius 1 is 1.27 bits per heavy atom. The molecule has 0 saturated heterocycles. The number of nitriles is 1. The van der Waals surface area contributed by atoms with Crippen LogP contribution in [0, 0.1) is 11.3 Å². The van der Waals surface area contributed by atoms with E-state index in [0.717, 1.165) is 5.56 Å². The fraction of sp³-hybridized carbons (Fsp3) is 0.476. The molecule has 0 unspecified atom stereocenters. The molecule has 0 atom stereocenters. The van der Waals surface area contributed by atoms with Crippen LogP contribution < -0.4 is 5.01 Å². The Kier molecular flexibility index (Phi) is 4.62. The Labute approximate surface area is 155 Å². The summed E-state index contributed by atoms with van der Waals surface area (Å²) in [5.74, 6) is 0.900. The van der Waals surface area contributed by atoms with Crippen molar-refractivity contribution in [3.8, 4) is 6.07 Å². The molecule has 0 aliphatic heterocycles. The quantitative estimate of drug-likeness (QED) is 0.589. The van der Waals surface area contributed by atoms with Crippen molar-refractivity contribution in [2.75, 3.05) is 12.1 Å². The van der Waals surface area contributed by atoms with Crippen LogP contribution in [0.5, 0.6) is 0 Å². The number of hydrogen-bond acceptors (Lipinski definition) is 5. The van der Waals surface area contributed by atoms with Crippen molar-refractivity contribution in [1.29, 1.82) is 5.26 Å². The highest BCUT2D eigenvalue weighted by Crippen LogP contribution is 2.43. The van der Waals surface area contributed by atoms with E-state index in [1.54, 1.807) is 18.3 Å². The zero-order valence-corrected chi connectivity index (χ0v) is 16.2. The molecule has 1 heterocycles. The number of benzene rings is 1. The fourth-order valence-corrected chi connectivity index (χ4v) is 3.10. The maximum Gasteiger partial charge on any atom is 0.254 e. The average molecular weight is 350 g/mol. The van der Waals surface area contributed by atoms with Crippen molar-refractivity contribution in [2.45, 2.75) is 57.8 Å². The van der Waals surface area contributed by atoms with E-state index in [1.807, 2.05) is 20.8 Å². The molecule has 0 spiro atoms. The summed E-state index contributed by atoms with van der Waals surface area (Å²) in [5, 5.41) is 15.3. The number of hydrogen-bond donors (Lipinski definition) is 0. The molecule has 0 radical (unpaired) electrons. The summed E-state index contributed by atoms with van der Waals surface area (Å²) in [7, 11) is 1.76. The van der Waals surface area contributed by atoms with E-state index in [2.05, 4.69) is 47.3 Å². The molecule has 1 aromatic heterocycles. The Bertz CT molecular complexity index is 846. The summed E-state index contributed by atoms with van der Waals surface area (Å²) in [5.41, 5.74) is 2.74. The third kappa shape index (κ3) is 3.50. The molecule has 1 aromatic carbocycles. The highest BCUT2D eigenvalue weighted by Gasteiger charge is 2.33. The van der Waals surface area contributed by atoms with Gasteiger partial charge in [-0.05, 0) is 29.4 Å². The maximum atomic E-state index is 9.32. The average Bonchev–Trinajstić information content (AvgIpc) is 3.03. The van der Waals surface area contributed by atoms with Gasteiger partial charge in [0.2, 0.25) is 11.6 Å². The van der Waals surface area contributed by atoms with Crippen LogP contribution in [0.4, 0.5) is 5.88 Å². The van der Waals surface area contributed by atoms with Crippen molar-refractivity contribution in [2.24, 2.45) is 5.10 Å². The van der Waals surface area contributed by atoms with Gasteiger partial charge >= 0.3 is 0 Å². The number of oxazole rings is 1. The second-order valence-corrected chi connectivity index (χ2v) is 8.34. The molecule has 5 nitrogen and oxygen atoms in total. The second-order valence-electron chi connectivity index (χ2n) is 8.34. The van der Waals surface area contributed by atoms with E-state index in [0.29, 0.717) is 17.2 Å². The maximum absolute atomic E-state index is 9.32. The number of hydrazone groups is 1. The molecule has 1 aliphatic rings. The smallest absolute Gasteiger partial charge is 0.254 e. The molecule has 0 bridgehead atoms. The molecule has 3 rings (SSSR count). The molecule has 0 amide bonds. The Hall–Kier alpha value is -2.61. The van der Waals surface area contributed by atoms with Crippen LogP contribution >= 0.6 is 0 Å². The topological polar surface area (TPSA) is 65.4 Å². The summed E-state index contributed by atoms with van der Waals surface area (Å²) in [4.78, 5) is 4.29. The molecule has 1 aliphatic carbocycles. The van der Waals surface area contributed by atoms with Crippen LogP contribution in [0.2, 0.25) is 0 Å². The Morgan fingerprint density at radius 3 is 2.42 bits per heavy atom. The van der Waals surface area contributed by atoms with Gasteiger partial charge in [-0.2, -0.15) is 15.3 Å². The molecule has 0 N–H and O–H groups in total. The molecule has 26 heavy (non-hydrogen) atoms. The predicted molar refractivity (Wildman–Crippen MR) is 104 cm³/mol. The van der Waals surface area contributed by atoms with Crippen LogP contribution in [-0.2, 0) is 10.8 Å². The normalized spacial score (nSPS) is 16.3. The standard InChI is InChI=1S/C21H26N4O/c1-20(2,3)19-24-17(13-22)18(26-19)25(5)23-14-15-7-9-16(10-8-15)21(4)11-6-12-21/h7-10,14H,6,11-12H2,1-5H3. The van der Waals surface area contributed by atoms with Crippen molar-refractivity contribution in [3.05, 3.63) is 47.0 Å². The van der Waals surface area contributed by atoms with Gasteiger partial charge in [-0.1, -0.05) is 58.4 Å². The molecule has 1 saturated carbocycles. The lowest BCUT2D eigenvalue weighted by molar-refractivity contribution is 0.272. The van der Waals surface area contributed by atoms with Gasteiger partial charge in [0.1, 0.15) is 6.07 Å². The third-order valence-corrected chi connectivity index (χ3v) is 5.10. The highest BCUT2D eigenvalue weighted by atomic mass is 16.4. The summed E-state index contributed by atoms with van der Waals surface area (Å²) in [6.07, 6.45) is 5.62. The van der Waals surface area contributed by atoms with Gasteiger partial charge in [0.05, 0.1) is 6.21 Å². The molecule has 136 valence electrons. The van der Waals surface area contributed by atoms with Crippen LogP contribution in [0.25, 0.3) is 0 Å². The van der Waals surface area contributed by atoms with E-state index in [-0.39, 0.29) is 11.1 Å². The lowest BCUT2D eigenvalue weighted by Gasteiger charge is -2.39. The Balaban J connectivity index is 1.76. The van der Waals surface area contributed by atoms with E-state index >= 15 is 0 Å². The highest BCUT2D eigenvalue weighted by molar-refractivity contribution is 5.80. The predicted octanol–water partition coefficient (Wildman–Crippen LogP) is 4.76. The molecule has 1 fully saturated rings. The zero-order chi connectivity index (χ0) is 18.9. The first kappa shape index (κ1) is 18.2. The minimum atomic E-state index is -0.262. The number of aromatic nitrogens is 1. The number of rotatable bonds is 4.